The molecule has 16 heavy (non-hydrogen) atoms. The molecule has 0 saturated carbocycles. The number of benzene rings is 1. The Morgan fingerprint density at radius 2 is 2.06 bits per heavy atom. The van der Waals surface area contributed by atoms with Crippen molar-refractivity contribution in [2.24, 2.45) is 0 Å². The molecule has 3 nitrogen and oxygen atoms in total. The second-order valence-corrected chi connectivity index (χ2v) is 5.18. The van der Waals surface area contributed by atoms with E-state index in [0.717, 1.165) is 26.7 Å². The highest BCUT2D eigenvalue weighted by molar-refractivity contribution is 7.19. The zero-order valence-electron chi connectivity index (χ0n) is 9.32. The highest BCUT2D eigenvalue weighted by Gasteiger charge is 2.18. The number of aromatic nitrogens is 1. The van der Waals surface area contributed by atoms with Gasteiger partial charge < -0.3 is 9.47 Å². The Morgan fingerprint density at radius 1 is 1.25 bits per heavy atom. The monoisotopic (exact) mass is 235 g/mol. The van der Waals surface area contributed by atoms with Gasteiger partial charge in [-0.1, -0.05) is 13.8 Å². The molecule has 1 aromatic carbocycles. The maximum Gasteiger partial charge on any atom is 0.180 e. The van der Waals surface area contributed by atoms with Crippen LogP contribution in [0.2, 0.25) is 0 Å². The first kappa shape index (κ1) is 9.90. The smallest absolute Gasteiger partial charge is 0.180 e. The highest BCUT2D eigenvalue weighted by atomic mass is 32.1. The second-order valence-electron chi connectivity index (χ2n) is 4.14. The van der Waals surface area contributed by atoms with Crippen molar-refractivity contribution in [1.82, 2.24) is 4.98 Å². The van der Waals surface area contributed by atoms with E-state index in [1.807, 2.05) is 12.1 Å². The summed E-state index contributed by atoms with van der Waals surface area (Å²) < 4.78 is 12.3. The number of rotatable bonds is 1. The van der Waals surface area contributed by atoms with Crippen LogP contribution >= 0.6 is 11.3 Å². The summed E-state index contributed by atoms with van der Waals surface area (Å²) in [5.74, 6) is 2.17. The van der Waals surface area contributed by atoms with Crippen molar-refractivity contribution in [1.29, 1.82) is 0 Å². The second kappa shape index (κ2) is 3.63. The van der Waals surface area contributed by atoms with Crippen LogP contribution in [0.5, 0.6) is 11.5 Å². The lowest BCUT2D eigenvalue weighted by molar-refractivity contribution is 0.174. The molecule has 0 amide bonds. The SMILES string of the molecule is CC(C)c1nc2ccc3c(c2s1)OCCO3. The molecule has 0 saturated heterocycles. The van der Waals surface area contributed by atoms with Crippen LogP contribution in [0.1, 0.15) is 24.8 Å². The molecule has 0 aliphatic carbocycles. The van der Waals surface area contributed by atoms with Gasteiger partial charge in [0.15, 0.2) is 11.5 Å². The van der Waals surface area contributed by atoms with Gasteiger partial charge in [-0.3, -0.25) is 0 Å². The number of hydrogen-bond donors (Lipinski definition) is 0. The maximum atomic E-state index is 5.68. The summed E-state index contributed by atoms with van der Waals surface area (Å²) in [6, 6.07) is 3.95. The molecular weight excluding hydrogens is 222 g/mol. The van der Waals surface area contributed by atoms with E-state index >= 15 is 0 Å². The van der Waals surface area contributed by atoms with E-state index < -0.39 is 0 Å². The van der Waals surface area contributed by atoms with E-state index in [4.69, 9.17) is 9.47 Å². The molecule has 0 unspecified atom stereocenters. The lowest BCUT2D eigenvalue weighted by Crippen LogP contribution is -2.15. The minimum absolute atomic E-state index is 0.456. The first-order chi connectivity index (χ1) is 7.75. The topological polar surface area (TPSA) is 31.4 Å². The van der Waals surface area contributed by atoms with Gasteiger partial charge >= 0.3 is 0 Å². The van der Waals surface area contributed by atoms with Gasteiger partial charge in [0.2, 0.25) is 0 Å². The van der Waals surface area contributed by atoms with Gasteiger partial charge in [0.25, 0.3) is 0 Å². The van der Waals surface area contributed by atoms with Crippen LogP contribution in [-0.2, 0) is 0 Å². The largest absolute Gasteiger partial charge is 0.486 e. The lowest BCUT2D eigenvalue weighted by Gasteiger charge is -2.18. The van der Waals surface area contributed by atoms with Crippen molar-refractivity contribution in [3.63, 3.8) is 0 Å². The fraction of sp³-hybridized carbons (Fsp3) is 0.417. The summed E-state index contributed by atoms with van der Waals surface area (Å²) in [6.07, 6.45) is 0. The molecule has 0 bridgehead atoms. The van der Waals surface area contributed by atoms with Crippen molar-refractivity contribution in [3.8, 4) is 11.5 Å². The normalized spacial score (nSPS) is 14.7. The average Bonchev–Trinajstić information content (AvgIpc) is 2.73. The third kappa shape index (κ3) is 1.45. The standard InChI is InChI=1S/C12H13NO2S/c1-7(2)12-13-8-3-4-9-10(11(8)16-12)15-6-5-14-9/h3-4,7H,5-6H2,1-2H3. The van der Waals surface area contributed by atoms with Gasteiger partial charge in [-0.05, 0) is 12.1 Å². The molecule has 4 heteroatoms. The summed E-state index contributed by atoms with van der Waals surface area (Å²) in [7, 11) is 0. The van der Waals surface area contributed by atoms with E-state index in [0.29, 0.717) is 19.1 Å². The zero-order chi connectivity index (χ0) is 11.1. The van der Waals surface area contributed by atoms with Gasteiger partial charge in [-0.15, -0.1) is 11.3 Å². The summed E-state index contributed by atoms with van der Waals surface area (Å²) in [4.78, 5) is 4.60. The Bertz CT molecular complexity index is 533. The fourth-order valence-corrected chi connectivity index (χ4v) is 2.82. The predicted molar refractivity (Wildman–Crippen MR) is 64.7 cm³/mol. The van der Waals surface area contributed by atoms with Crippen LogP contribution < -0.4 is 9.47 Å². The number of nitrogens with zero attached hydrogens (tertiary/aromatic N) is 1. The zero-order valence-corrected chi connectivity index (χ0v) is 10.1. The minimum atomic E-state index is 0.456. The number of thiazole rings is 1. The van der Waals surface area contributed by atoms with Gasteiger partial charge in [-0.25, -0.2) is 4.98 Å². The van der Waals surface area contributed by atoms with Crippen LogP contribution in [0.3, 0.4) is 0 Å². The number of fused-ring (bicyclic) bond motifs is 3. The Morgan fingerprint density at radius 3 is 2.88 bits per heavy atom. The predicted octanol–water partition coefficient (Wildman–Crippen LogP) is 3.19. The van der Waals surface area contributed by atoms with Crippen LogP contribution in [-0.4, -0.2) is 18.2 Å². The molecule has 0 N–H and O–H groups in total. The lowest BCUT2D eigenvalue weighted by atomic mass is 10.2. The summed E-state index contributed by atoms with van der Waals surface area (Å²) in [5.41, 5.74) is 1.01. The maximum absolute atomic E-state index is 5.68. The number of hydrogen-bond acceptors (Lipinski definition) is 4. The van der Waals surface area contributed by atoms with Gasteiger partial charge in [0, 0.05) is 5.92 Å². The third-order valence-electron chi connectivity index (χ3n) is 2.57. The first-order valence-electron chi connectivity index (χ1n) is 5.45. The highest BCUT2D eigenvalue weighted by Crippen LogP contribution is 2.41. The van der Waals surface area contributed by atoms with E-state index in [9.17, 15) is 0 Å². The minimum Gasteiger partial charge on any atom is -0.486 e. The molecule has 1 aromatic heterocycles. The molecule has 0 radical (unpaired) electrons. The van der Waals surface area contributed by atoms with Gasteiger partial charge in [-0.2, -0.15) is 0 Å². The summed E-state index contributed by atoms with van der Waals surface area (Å²) in [6.45, 7) is 5.57. The van der Waals surface area contributed by atoms with Crippen LogP contribution in [0.15, 0.2) is 12.1 Å². The molecule has 0 spiro atoms. The first-order valence-corrected chi connectivity index (χ1v) is 6.26. The Hall–Kier alpha value is -1.29. The Kier molecular flexibility index (Phi) is 2.24. The molecule has 1 aliphatic rings. The molecular formula is C12H13NO2S. The van der Waals surface area contributed by atoms with Crippen molar-refractivity contribution < 1.29 is 9.47 Å². The third-order valence-corrected chi connectivity index (χ3v) is 3.94. The summed E-state index contributed by atoms with van der Waals surface area (Å²) >= 11 is 1.70. The molecule has 1 aliphatic heterocycles. The average molecular weight is 235 g/mol. The number of ether oxygens (including phenoxy) is 2. The van der Waals surface area contributed by atoms with E-state index in [1.165, 1.54) is 0 Å². The van der Waals surface area contributed by atoms with Crippen molar-refractivity contribution >= 4 is 21.6 Å². The van der Waals surface area contributed by atoms with Crippen molar-refractivity contribution in [3.05, 3.63) is 17.1 Å². The van der Waals surface area contributed by atoms with E-state index in [1.54, 1.807) is 11.3 Å². The molecule has 0 atom stereocenters. The molecule has 0 fully saturated rings. The fourth-order valence-electron chi connectivity index (χ4n) is 1.76. The Labute approximate surface area is 98.0 Å². The van der Waals surface area contributed by atoms with Gasteiger partial charge in [0.05, 0.1) is 10.5 Å². The Balaban J connectivity index is 2.22. The van der Waals surface area contributed by atoms with Crippen molar-refractivity contribution in [2.45, 2.75) is 19.8 Å². The van der Waals surface area contributed by atoms with Crippen LogP contribution in [0.4, 0.5) is 0 Å². The van der Waals surface area contributed by atoms with Crippen molar-refractivity contribution in [2.75, 3.05) is 13.2 Å². The van der Waals surface area contributed by atoms with E-state index in [2.05, 4.69) is 18.8 Å². The molecule has 2 aromatic rings. The van der Waals surface area contributed by atoms with Gasteiger partial charge in [0.1, 0.15) is 17.9 Å². The van der Waals surface area contributed by atoms with E-state index in [-0.39, 0.29) is 0 Å². The van der Waals surface area contributed by atoms with Crippen LogP contribution in [0, 0.1) is 0 Å². The molecule has 84 valence electrons. The molecule has 2 heterocycles. The molecule has 3 rings (SSSR count). The van der Waals surface area contributed by atoms with Crippen LogP contribution in [0.25, 0.3) is 10.2 Å². The summed E-state index contributed by atoms with van der Waals surface area (Å²) in [5, 5.41) is 1.15. The quantitative estimate of drug-likeness (QED) is 0.760.